The van der Waals surface area contributed by atoms with Gasteiger partial charge in [0.05, 0.1) is 15.6 Å². The molecular weight excluding hydrogens is 808 g/mol. The lowest BCUT2D eigenvalue weighted by molar-refractivity contribution is -0.00254. The van der Waals surface area contributed by atoms with Crippen molar-refractivity contribution in [1.82, 2.24) is 0 Å². The number of hydrogen-bond donors (Lipinski definition) is 3. The van der Waals surface area contributed by atoms with Gasteiger partial charge in [0.1, 0.15) is 5.56 Å². The van der Waals surface area contributed by atoms with Crippen molar-refractivity contribution in [2.24, 2.45) is 0 Å². The summed E-state index contributed by atoms with van der Waals surface area (Å²) in [6.07, 6.45) is 6.30. The van der Waals surface area contributed by atoms with Gasteiger partial charge in [-0.05, 0) is 142 Å². The van der Waals surface area contributed by atoms with E-state index >= 15 is 0 Å². The molecule has 0 spiro atoms. The molecule has 0 aromatic heterocycles. The molecule has 0 N–H and O–H groups in total. The fourth-order valence-corrected chi connectivity index (χ4v) is 15.1. The number of nitrogens with zero attached hydrogens (tertiary/aromatic N) is 2. The van der Waals surface area contributed by atoms with Gasteiger partial charge in [0.25, 0.3) is 0 Å². The standard InChI is InChI=1S/C51H46Cl2N2S3/c1-30-20-35(47(3,4)5)21-31(2)42(30)43-36-10-6-8-12-38(36)44(39-13-9-7-11-37(39)43)46(55-54)45-40(52)22-33(23-41(45)53)15-14-32-16-18-34(19-17-32)48-24-49(56)27-50(57,25-48)29-51(58,26-48)28-49/h6-13,16-23,56-58H,24-29H2,1-5H3. The Morgan fingerprint density at radius 2 is 1.05 bits per heavy atom. The smallest absolute Gasteiger partial charge is 0.333 e. The summed E-state index contributed by atoms with van der Waals surface area (Å²) in [6, 6.07) is 33.5. The van der Waals surface area contributed by atoms with E-state index in [4.69, 9.17) is 61.1 Å². The molecule has 0 radical (unpaired) electrons. The molecule has 7 heteroatoms. The first-order valence-corrected chi connectivity index (χ1v) is 22.1. The number of hydrogen-bond acceptors (Lipinski definition) is 3. The fraction of sp³-hybridized carbons (Fsp3) is 0.314. The van der Waals surface area contributed by atoms with Gasteiger partial charge < -0.3 is 5.53 Å². The Morgan fingerprint density at radius 1 is 0.603 bits per heavy atom. The third-order valence-corrected chi connectivity index (χ3v) is 15.0. The molecule has 4 bridgehead atoms. The van der Waals surface area contributed by atoms with E-state index < -0.39 is 0 Å². The highest BCUT2D eigenvalue weighted by Crippen LogP contribution is 2.70. The quantitative estimate of drug-likeness (QED) is 0.0395. The van der Waals surface area contributed by atoms with Crippen LogP contribution in [0.15, 0.2) is 97.1 Å². The van der Waals surface area contributed by atoms with E-state index in [9.17, 15) is 5.53 Å². The van der Waals surface area contributed by atoms with Crippen LogP contribution in [0, 0.1) is 25.7 Å². The molecule has 6 aromatic rings. The molecule has 292 valence electrons. The van der Waals surface area contributed by atoms with Gasteiger partial charge in [-0.15, -0.1) is 0 Å². The van der Waals surface area contributed by atoms with Crippen molar-refractivity contribution < 1.29 is 4.79 Å². The second kappa shape index (κ2) is 14.0. The van der Waals surface area contributed by atoms with E-state index in [-0.39, 0.29) is 25.1 Å². The molecular formula is C51H46Cl2N2S3. The maximum absolute atomic E-state index is 10.9. The number of halogens is 2. The van der Waals surface area contributed by atoms with Crippen LogP contribution in [0.2, 0.25) is 10.0 Å². The normalized spacial score (nSPS) is 24.8. The molecule has 4 aliphatic rings. The van der Waals surface area contributed by atoms with Gasteiger partial charge in [0.15, 0.2) is 0 Å². The molecule has 0 unspecified atom stereocenters. The minimum absolute atomic E-state index is 0.0250. The van der Waals surface area contributed by atoms with Crippen LogP contribution in [0.4, 0.5) is 0 Å². The lowest BCUT2D eigenvalue weighted by Gasteiger charge is -2.67. The van der Waals surface area contributed by atoms with Crippen LogP contribution >= 0.6 is 61.1 Å². The molecule has 2 nitrogen and oxygen atoms in total. The van der Waals surface area contributed by atoms with Crippen LogP contribution in [-0.4, -0.2) is 24.7 Å². The summed E-state index contributed by atoms with van der Waals surface area (Å²) in [5, 5.41) is 4.69. The van der Waals surface area contributed by atoms with Crippen LogP contribution in [-0.2, 0) is 10.8 Å². The topological polar surface area (TPSA) is 36.4 Å². The van der Waals surface area contributed by atoms with Gasteiger partial charge >= 0.3 is 5.71 Å². The average Bonchev–Trinajstić information content (AvgIpc) is 3.13. The minimum Gasteiger partial charge on any atom is -0.361 e. The Balaban J connectivity index is 1.09. The van der Waals surface area contributed by atoms with Crippen LogP contribution in [0.25, 0.3) is 38.2 Å². The lowest BCUT2D eigenvalue weighted by atomic mass is 9.47. The van der Waals surface area contributed by atoms with Crippen molar-refractivity contribution in [3.63, 3.8) is 0 Å². The average molecular weight is 854 g/mol. The summed E-state index contributed by atoms with van der Waals surface area (Å²) in [5.41, 5.74) is 21.4. The third-order valence-electron chi connectivity index (χ3n) is 13.0. The maximum Gasteiger partial charge on any atom is 0.333 e. The SMILES string of the molecule is Cc1cc(C(C)(C)C)cc(C)c1-c1c2ccccc2c(C(=[N+]=[N-])c2c(Cl)cc(C#Cc3ccc(C45CC6(S)CC(S)(CC(S)(C6)C4)C5)cc3)cc2Cl)c2ccccc12. The van der Waals surface area contributed by atoms with Crippen LogP contribution in [0.5, 0.6) is 0 Å². The van der Waals surface area contributed by atoms with Crippen molar-refractivity contribution in [3.05, 3.63) is 157 Å². The lowest BCUT2D eigenvalue weighted by Crippen LogP contribution is -2.66. The van der Waals surface area contributed by atoms with Gasteiger partial charge in [-0.1, -0.05) is 129 Å². The number of aryl methyl sites for hydroxylation is 2. The molecule has 4 saturated carbocycles. The van der Waals surface area contributed by atoms with E-state index in [1.54, 1.807) is 12.1 Å². The van der Waals surface area contributed by atoms with Crippen molar-refractivity contribution in [2.45, 2.75) is 98.2 Å². The summed E-state index contributed by atoms with van der Waals surface area (Å²) in [5.74, 6) is 6.62. The van der Waals surface area contributed by atoms with Crippen molar-refractivity contribution in [2.75, 3.05) is 0 Å². The molecule has 0 aliphatic heterocycles. The van der Waals surface area contributed by atoms with E-state index in [1.165, 1.54) is 27.8 Å². The van der Waals surface area contributed by atoms with Crippen molar-refractivity contribution >= 4 is 88.3 Å². The largest absolute Gasteiger partial charge is 0.361 e. The molecule has 4 fully saturated rings. The number of benzene rings is 6. The second-order valence-corrected chi connectivity index (χ2v) is 22.3. The first-order valence-electron chi connectivity index (χ1n) is 20.0. The Hall–Kier alpha value is -3.59. The summed E-state index contributed by atoms with van der Waals surface area (Å²) < 4.78 is -0.0749. The van der Waals surface area contributed by atoms with Crippen LogP contribution < -0.4 is 0 Å². The van der Waals surface area contributed by atoms with E-state index in [1.807, 2.05) is 12.1 Å². The first kappa shape index (κ1) is 39.8. The van der Waals surface area contributed by atoms with E-state index in [0.717, 1.165) is 76.8 Å². The van der Waals surface area contributed by atoms with Gasteiger partial charge in [-0.25, -0.2) is 0 Å². The zero-order valence-corrected chi connectivity index (χ0v) is 37.7. The molecule has 0 atom stereocenters. The van der Waals surface area contributed by atoms with Crippen LogP contribution in [0.1, 0.15) is 104 Å². The molecule has 10 rings (SSSR count). The molecule has 4 aliphatic carbocycles. The third kappa shape index (κ3) is 6.74. The summed E-state index contributed by atoms with van der Waals surface area (Å²) in [6.45, 7) is 11.2. The molecule has 0 amide bonds. The first-order chi connectivity index (χ1) is 27.4. The highest BCUT2D eigenvalue weighted by atomic mass is 35.5. The zero-order chi connectivity index (χ0) is 41.0. The minimum atomic E-state index is -0.0250. The van der Waals surface area contributed by atoms with Crippen molar-refractivity contribution in [3.8, 4) is 23.0 Å². The highest BCUT2D eigenvalue weighted by Gasteiger charge is 2.66. The predicted octanol–water partition coefficient (Wildman–Crippen LogP) is 14.0. The maximum atomic E-state index is 10.9. The van der Waals surface area contributed by atoms with Gasteiger partial charge in [-0.3, -0.25) is 0 Å². The highest BCUT2D eigenvalue weighted by molar-refractivity contribution is 7.84. The Labute approximate surface area is 369 Å². The second-order valence-electron chi connectivity index (χ2n) is 18.7. The van der Waals surface area contributed by atoms with Gasteiger partial charge in [0.2, 0.25) is 0 Å². The number of thiol groups is 3. The zero-order valence-electron chi connectivity index (χ0n) is 33.5. The predicted molar refractivity (Wildman–Crippen MR) is 255 cm³/mol. The number of rotatable bonds is 4. The van der Waals surface area contributed by atoms with Gasteiger partial charge in [-0.2, -0.15) is 42.7 Å². The Kier molecular flexibility index (Phi) is 9.61. The fourth-order valence-electron chi connectivity index (χ4n) is 11.4. The van der Waals surface area contributed by atoms with Gasteiger partial charge in [0, 0.05) is 25.4 Å². The summed E-state index contributed by atoms with van der Waals surface area (Å²) in [4.78, 5) is 3.94. The van der Waals surface area contributed by atoms with E-state index in [2.05, 4.69) is 124 Å². The summed E-state index contributed by atoms with van der Waals surface area (Å²) in [7, 11) is 0. The monoisotopic (exact) mass is 852 g/mol. The molecule has 6 aromatic carbocycles. The van der Waals surface area contributed by atoms with Crippen molar-refractivity contribution in [1.29, 1.82) is 0 Å². The molecule has 58 heavy (non-hydrogen) atoms. The molecule has 0 saturated heterocycles. The van der Waals surface area contributed by atoms with E-state index in [0.29, 0.717) is 26.9 Å². The Morgan fingerprint density at radius 3 is 1.50 bits per heavy atom. The number of fused-ring (bicyclic) bond motifs is 2. The molecule has 0 heterocycles. The van der Waals surface area contributed by atoms with Crippen LogP contribution in [0.3, 0.4) is 0 Å². The Bertz CT molecular complexity index is 2680. The summed E-state index contributed by atoms with van der Waals surface area (Å²) >= 11 is 29.9.